The molecule has 0 aromatic heterocycles. The average Bonchev–Trinajstić information content (AvgIpc) is 2.40. The summed E-state index contributed by atoms with van der Waals surface area (Å²) in [7, 11) is 0. The number of ether oxygens (including phenoxy) is 2. The summed E-state index contributed by atoms with van der Waals surface area (Å²) in [6.45, 7) is 13.5. The van der Waals surface area contributed by atoms with Crippen molar-refractivity contribution in [2.24, 2.45) is 0 Å². The highest BCUT2D eigenvalue weighted by Crippen LogP contribution is 2.17. The smallest absolute Gasteiger partial charge is 0.0703 e. The SMILES string of the molecule is CCCNC(COCCOC(C)C)c1cc(C)cc(C)c1. The van der Waals surface area contributed by atoms with Gasteiger partial charge < -0.3 is 14.8 Å². The van der Waals surface area contributed by atoms with Gasteiger partial charge in [0.15, 0.2) is 0 Å². The number of nitrogens with one attached hydrogen (secondary N) is 1. The molecule has 3 nitrogen and oxygen atoms in total. The van der Waals surface area contributed by atoms with Crippen LogP contribution in [0.1, 0.15) is 49.9 Å². The molecule has 1 atom stereocenters. The van der Waals surface area contributed by atoms with Gasteiger partial charge in [0.25, 0.3) is 0 Å². The molecule has 0 aliphatic carbocycles. The van der Waals surface area contributed by atoms with Gasteiger partial charge in [0.1, 0.15) is 0 Å². The summed E-state index contributed by atoms with van der Waals surface area (Å²) in [5.41, 5.74) is 3.92. The first-order chi connectivity index (χ1) is 10.0. The van der Waals surface area contributed by atoms with Crippen molar-refractivity contribution < 1.29 is 9.47 Å². The summed E-state index contributed by atoms with van der Waals surface area (Å²) in [6.07, 6.45) is 1.39. The normalized spacial score (nSPS) is 12.9. The highest BCUT2D eigenvalue weighted by atomic mass is 16.5. The summed E-state index contributed by atoms with van der Waals surface area (Å²) >= 11 is 0. The summed E-state index contributed by atoms with van der Waals surface area (Å²) in [5.74, 6) is 0. The maximum absolute atomic E-state index is 5.79. The zero-order valence-corrected chi connectivity index (χ0v) is 14.2. The molecule has 0 aliphatic rings. The van der Waals surface area contributed by atoms with E-state index in [1.54, 1.807) is 0 Å². The predicted molar refractivity (Wildman–Crippen MR) is 88.9 cm³/mol. The van der Waals surface area contributed by atoms with E-state index in [2.05, 4.69) is 44.3 Å². The molecule has 1 aromatic rings. The van der Waals surface area contributed by atoms with Crippen molar-refractivity contribution in [3.05, 3.63) is 34.9 Å². The fourth-order valence-corrected chi connectivity index (χ4v) is 2.35. The van der Waals surface area contributed by atoms with Crippen LogP contribution < -0.4 is 5.32 Å². The van der Waals surface area contributed by atoms with Crippen LogP contribution in [0.15, 0.2) is 18.2 Å². The van der Waals surface area contributed by atoms with Gasteiger partial charge in [-0.25, -0.2) is 0 Å². The Hall–Kier alpha value is -0.900. The van der Waals surface area contributed by atoms with Crippen molar-refractivity contribution >= 4 is 0 Å². The monoisotopic (exact) mass is 293 g/mol. The van der Waals surface area contributed by atoms with E-state index >= 15 is 0 Å². The third kappa shape index (κ3) is 7.60. The zero-order valence-electron chi connectivity index (χ0n) is 14.2. The molecule has 0 radical (unpaired) electrons. The first kappa shape index (κ1) is 18.1. The van der Waals surface area contributed by atoms with E-state index in [-0.39, 0.29) is 12.1 Å². The minimum absolute atomic E-state index is 0.252. The van der Waals surface area contributed by atoms with Gasteiger partial charge in [-0.15, -0.1) is 0 Å². The van der Waals surface area contributed by atoms with Crippen molar-refractivity contribution in [3.8, 4) is 0 Å². The van der Waals surface area contributed by atoms with E-state index in [1.165, 1.54) is 16.7 Å². The van der Waals surface area contributed by atoms with Crippen molar-refractivity contribution in [1.82, 2.24) is 5.32 Å². The van der Waals surface area contributed by atoms with Gasteiger partial charge in [-0.1, -0.05) is 36.2 Å². The fourth-order valence-electron chi connectivity index (χ4n) is 2.35. The summed E-state index contributed by atoms with van der Waals surface area (Å²) in [4.78, 5) is 0. The Kier molecular flexibility index (Phi) is 8.58. The van der Waals surface area contributed by atoms with Gasteiger partial charge >= 0.3 is 0 Å². The Balaban J connectivity index is 2.54. The molecular formula is C18H31NO2. The molecule has 1 unspecified atom stereocenters. The largest absolute Gasteiger partial charge is 0.377 e. The van der Waals surface area contributed by atoms with Crippen molar-refractivity contribution in [2.45, 2.75) is 53.2 Å². The number of rotatable bonds is 10. The summed E-state index contributed by atoms with van der Waals surface area (Å²) < 4.78 is 11.3. The second-order valence-corrected chi connectivity index (χ2v) is 5.92. The van der Waals surface area contributed by atoms with Crippen LogP contribution in [0.2, 0.25) is 0 Å². The lowest BCUT2D eigenvalue weighted by Gasteiger charge is -2.20. The lowest BCUT2D eigenvalue weighted by molar-refractivity contribution is 0.0137. The first-order valence-electron chi connectivity index (χ1n) is 8.03. The van der Waals surface area contributed by atoms with E-state index in [4.69, 9.17) is 9.47 Å². The van der Waals surface area contributed by atoms with Crippen LogP contribution in [0.4, 0.5) is 0 Å². The van der Waals surface area contributed by atoms with E-state index in [0.717, 1.165) is 13.0 Å². The van der Waals surface area contributed by atoms with E-state index in [9.17, 15) is 0 Å². The van der Waals surface area contributed by atoms with Gasteiger partial charge in [-0.3, -0.25) is 0 Å². The van der Waals surface area contributed by atoms with Crippen LogP contribution in [0.5, 0.6) is 0 Å². The Morgan fingerprint density at radius 2 is 1.71 bits per heavy atom. The van der Waals surface area contributed by atoms with Crippen molar-refractivity contribution in [1.29, 1.82) is 0 Å². The molecule has 120 valence electrons. The zero-order chi connectivity index (χ0) is 15.7. The van der Waals surface area contributed by atoms with Crippen LogP contribution in [0.3, 0.4) is 0 Å². The van der Waals surface area contributed by atoms with Crippen LogP contribution in [-0.4, -0.2) is 32.5 Å². The standard InChI is InChI=1S/C18H31NO2/c1-6-7-19-18(13-20-8-9-21-14(2)3)17-11-15(4)10-16(5)12-17/h10-12,14,18-19H,6-9,13H2,1-5H3. The highest BCUT2D eigenvalue weighted by Gasteiger charge is 2.11. The van der Waals surface area contributed by atoms with E-state index in [1.807, 2.05) is 13.8 Å². The molecule has 3 heteroatoms. The third-order valence-corrected chi connectivity index (χ3v) is 3.25. The van der Waals surface area contributed by atoms with E-state index in [0.29, 0.717) is 19.8 Å². The topological polar surface area (TPSA) is 30.5 Å². The summed E-state index contributed by atoms with van der Waals surface area (Å²) in [5, 5.41) is 3.57. The van der Waals surface area contributed by atoms with Crippen LogP contribution in [-0.2, 0) is 9.47 Å². The molecule has 1 aromatic carbocycles. The minimum Gasteiger partial charge on any atom is -0.377 e. The Morgan fingerprint density at radius 1 is 1.05 bits per heavy atom. The average molecular weight is 293 g/mol. The van der Waals surface area contributed by atoms with Crippen molar-refractivity contribution in [3.63, 3.8) is 0 Å². The van der Waals surface area contributed by atoms with Gasteiger partial charge in [-0.05, 0) is 46.2 Å². The molecule has 0 aliphatic heterocycles. The van der Waals surface area contributed by atoms with Gasteiger partial charge in [0, 0.05) is 0 Å². The highest BCUT2D eigenvalue weighted by molar-refractivity contribution is 5.30. The molecule has 1 rings (SSSR count). The molecule has 0 saturated heterocycles. The molecule has 1 N–H and O–H groups in total. The number of aryl methyl sites for hydroxylation is 2. The Labute approximate surface area is 130 Å². The van der Waals surface area contributed by atoms with E-state index < -0.39 is 0 Å². The molecule has 0 spiro atoms. The Bertz CT molecular complexity index is 384. The lowest BCUT2D eigenvalue weighted by Crippen LogP contribution is -2.27. The maximum Gasteiger partial charge on any atom is 0.0703 e. The second kappa shape index (κ2) is 9.93. The molecule has 21 heavy (non-hydrogen) atoms. The molecule has 0 fully saturated rings. The number of hydrogen-bond donors (Lipinski definition) is 1. The quantitative estimate of drug-likeness (QED) is 0.666. The van der Waals surface area contributed by atoms with Gasteiger partial charge in [0.2, 0.25) is 0 Å². The first-order valence-corrected chi connectivity index (χ1v) is 8.03. The fraction of sp³-hybridized carbons (Fsp3) is 0.667. The summed E-state index contributed by atoms with van der Waals surface area (Å²) in [6, 6.07) is 6.95. The lowest BCUT2D eigenvalue weighted by atomic mass is 10.0. The molecule has 0 heterocycles. The van der Waals surface area contributed by atoms with Gasteiger partial charge in [0.05, 0.1) is 32.0 Å². The van der Waals surface area contributed by atoms with Crippen LogP contribution in [0.25, 0.3) is 0 Å². The third-order valence-electron chi connectivity index (χ3n) is 3.25. The number of benzene rings is 1. The second-order valence-electron chi connectivity index (χ2n) is 5.92. The van der Waals surface area contributed by atoms with Gasteiger partial charge in [-0.2, -0.15) is 0 Å². The van der Waals surface area contributed by atoms with Crippen LogP contribution in [0, 0.1) is 13.8 Å². The van der Waals surface area contributed by atoms with Crippen molar-refractivity contribution in [2.75, 3.05) is 26.4 Å². The molecule has 0 amide bonds. The number of hydrogen-bond acceptors (Lipinski definition) is 3. The van der Waals surface area contributed by atoms with Crippen LogP contribution >= 0.6 is 0 Å². The maximum atomic E-state index is 5.79. The molecule has 0 bridgehead atoms. The predicted octanol–water partition coefficient (Wildman–Crippen LogP) is 3.79. The molecule has 0 saturated carbocycles. The Morgan fingerprint density at radius 3 is 2.29 bits per heavy atom. The molecular weight excluding hydrogens is 262 g/mol. The minimum atomic E-state index is 0.252.